The van der Waals surface area contributed by atoms with Crippen LogP contribution >= 0.6 is 0 Å². The standard InChI is InChI=1S/C11H10O2/c1-2-4-11(13)10-6-3-5-9(7-10)8-12/h2-8H,1H3/b4-2+. The molecule has 0 fully saturated rings. The van der Waals surface area contributed by atoms with Crippen LogP contribution in [0.3, 0.4) is 0 Å². The summed E-state index contributed by atoms with van der Waals surface area (Å²) < 4.78 is 0. The number of carbonyl (C=O) groups is 2. The molecular formula is C11H10O2. The van der Waals surface area contributed by atoms with Gasteiger partial charge in [0.25, 0.3) is 0 Å². The summed E-state index contributed by atoms with van der Waals surface area (Å²) in [6.45, 7) is 1.78. The van der Waals surface area contributed by atoms with E-state index in [0.29, 0.717) is 11.1 Å². The van der Waals surface area contributed by atoms with Crippen molar-refractivity contribution in [2.45, 2.75) is 6.92 Å². The van der Waals surface area contributed by atoms with Crippen molar-refractivity contribution >= 4 is 12.1 Å². The fourth-order valence-corrected chi connectivity index (χ4v) is 1.01. The fourth-order valence-electron chi connectivity index (χ4n) is 1.01. The van der Waals surface area contributed by atoms with Gasteiger partial charge in [0.15, 0.2) is 5.78 Å². The number of hydrogen-bond donors (Lipinski definition) is 0. The molecule has 13 heavy (non-hydrogen) atoms. The number of benzene rings is 1. The van der Waals surface area contributed by atoms with E-state index < -0.39 is 0 Å². The lowest BCUT2D eigenvalue weighted by Crippen LogP contribution is -1.94. The van der Waals surface area contributed by atoms with Gasteiger partial charge in [-0.1, -0.05) is 24.3 Å². The average Bonchev–Trinajstić information content (AvgIpc) is 2.18. The molecule has 0 unspecified atom stereocenters. The number of hydrogen-bond acceptors (Lipinski definition) is 2. The van der Waals surface area contributed by atoms with Gasteiger partial charge in [0.2, 0.25) is 0 Å². The summed E-state index contributed by atoms with van der Waals surface area (Å²) in [4.78, 5) is 21.7. The summed E-state index contributed by atoms with van der Waals surface area (Å²) in [6, 6.07) is 6.63. The van der Waals surface area contributed by atoms with Gasteiger partial charge in [-0.3, -0.25) is 9.59 Å². The number of carbonyl (C=O) groups excluding carboxylic acids is 2. The van der Waals surface area contributed by atoms with Gasteiger partial charge in [-0.15, -0.1) is 0 Å². The molecule has 0 aliphatic rings. The summed E-state index contributed by atoms with van der Waals surface area (Å²) in [5.41, 5.74) is 1.07. The molecular weight excluding hydrogens is 164 g/mol. The molecule has 1 aromatic carbocycles. The van der Waals surface area contributed by atoms with E-state index in [0.717, 1.165) is 6.29 Å². The predicted octanol–water partition coefficient (Wildman–Crippen LogP) is 2.26. The maximum atomic E-state index is 11.3. The lowest BCUT2D eigenvalue weighted by molar-refractivity contribution is 0.104. The molecule has 0 spiro atoms. The molecule has 0 aromatic heterocycles. The maximum Gasteiger partial charge on any atom is 0.185 e. The van der Waals surface area contributed by atoms with E-state index in [1.165, 1.54) is 6.08 Å². The van der Waals surface area contributed by atoms with Gasteiger partial charge in [-0.25, -0.2) is 0 Å². The largest absolute Gasteiger partial charge is 0.298 e. The van der Waals surface area contributed by atoms with E-state index in [1.807, 2.05) is 0 Å². The second-order valence-corrected chi connectivity index (χ2v) is 2.61. The minimum Gasteiger partial charge on any atom is -0.298 e. The molecule has 0 saturated carbocycles. The van der Waals surface area contributed by atoms with Crippen LogP contribution in [0.4, 0.5) is 0 Å². The van der Waals surface area contributed by atoms with Crippen molar-refractivity contribution < 1.29 is 9.59 Å². The number of aldehydes is 1. The van der Waals surface area contributed by atoms with Crippen molar-refractivity contribution in [3.63, 3.8) is 0 Å². The van der Waals surface area contributed by atoms with Crippen LogP contribution in [0.1, 0.15) is 27.6 Å². The molecule has 0 N–H and O–H groups in total. The molecule has 0 atom stereocenters. The molecule has 2 heteroatoms. The Bertz CT molecular complexity index is 351. The zero-order valence-corrected chi connectivity index (χ0v) is 7.36. The molecule has 0 amide bonds. The first-order valence-electron chi connectivity index (χ1n) is 4.00. The van der Waals surface area contributed by atoms with E-state index in [2.05, 4.69) is 0 Å². The van der Waals surface area contributed by atoms with Gasteiger partial charge in [0.05, 0.1) is 0 Å². The SMILES string of the molecule is C/C=C/C(=O)c1cccc(C=O)c1. The van der Waals surface area contributed by atoms with Gasteiger partial charge in [0, 0.05) is 11.1 Å². The topological polar surface area (TPSA) is 34.1 Å². The summed E-state index contributed by atoms with van der Waals surface area (Å²) in [5.74, 6) is -0.0776. The summed E-state index contributed by atoms with van der Waals surface area (Å²) in [7, 11) is 0. The van der Waals surface area contributed by atoms with E-state index in [9.17, 15) is 9.59 Å². The Balaban J connectivity index is 3.01. The zero-order chi connectivity index (χ0) is 9.68. The van der Waals surface area contributed by atoms with Crippen LogP contribution in [-0.4, -0.2) is 12.1 Å². The highest BCUT2D eigenvalue weighted by atomic mass is 16.1. The highest BCUT2D eigenvalue weighted by Crippen LogP contribution is 2.04. The average molecular weight is 174 g/mol. The van der Waals surface area contributed by atoms with Crippen LogP contribution in [-0.2, 0) is 0 Å². The highest BCUT2D eigenvalue weighted by molar-refractivity contribution is 6.05. The third-order valence-corrected chi connectivity index (χ3v) is 1.63. The van der Waals surface area contributed by atoms with Crippen LogP contribution < -0.4 is 0 Å². The highest BCUT2D eigenvalue weighted by Gasteiger charge is 2.00. The van der Waals surface area contributed by atoms with Crippen LogP contribution in [0, 0.1) is 0 Å². The second kappa shape index (κ2) is 4.36. The van der Waals surface area contributed by atoms with E-state index in [1.54, 1.807) is 37.3 Å². The van der Waals surface area contributed by atoms with E-state index >= 15 is 0 Å². The minimum atomic E-state index is -0.0776. The lowest BCUT2D eigenvalue weighted by atomic mass is 10.1. The normalized spacial score (nSPS) is 10.2. The van der Waals surface area contributed by atoms with Gasteiger partial charge < -0.3 is 0 Å². The van der Waals surface area contributed by atoms with Gasteiger partial charge >= 0.3 is 0 Å². The molecule has 66 valence electrons. The first-order chi connectivity index (χ1) is 6.27. The molecule has 0 aliphatic carbocycles. The lowest BCUT2D eigenvalue weighted by Gasteiger charge is -1.95. The Morgan fingerprint density at radius 1 is 1.38 bits per heavy atom. The molecule has 2 nitrogen and oxygen atoms in total. The quantitative estimate of drug-likeness (QED) is 0.400. The van der Waals surface area contributed by atoms with Gasteiger partial charge in [-0.05, 0) is 19.1 Å². The zero-order valence-electron chi connectivity index (χ0n) is 7.36. The molecule has 0 aliphatic heterocycles. The van der Waals surface area contributed by atoms with Gasteiger partial charge in [0.1, 0.15) is 6.29 Å². The Kier molecular flexibility index (Phi) is 3.15. The fraction of sp³-hybridized carbons (Fsp3) is 0.0909. The van der Waals surface area contributed by atoms with Crippen molar-refractivity contribution in [2.75, 3.05) is 0 Å². The number of allylic oxidation sites excluding steroid dienone is 2. The molecule has 0 heterocycles. The number of rotatable bonds is 3. The third-order valence-electron chi connectivity index (χ3n) is 1.63. The Labute approximate surface area is 76.9 Å². The Morgan fingerprint density at radius 3 is 2.77 bits per heavy atom. The molecule has 0 saturated heterocycles. The molecule has 1 aromatic rings. The maximum absolute atomic E-state index is 11.3. The number of ketones is 1. The van der Waals surface area contributed by atoms with Crippen LogP contribution in [0.2, 0.25) is 0 Å². The first-order valence-corrected chi connectivity index (χ1v) is 4.00. The molecule has 0 bridgehead atoms. The van der Waals surface area contributed by atoms with Crippen molar-refractivity contribution in [2.24, 2.45) is 0 Å². The first kappa shape index (κ1) is 9.39. The smallest absolute Gasteiger partial charge is 0.185 e. The molecule has 1 rings (SSSR count). The van der Waals surface area contributed by atoms with Crippen LogP contribution in [0.5, 0.6) is 0 Å². The summed E-state index contributed by atoms with van der Waals surface area (Å²) in [6.07, 6.45) is 3.88. The monoisotopic (exact) mass is 174 g/mol. The Morgan fingerprint density at radius 2 is 2.15 bits per heavy atom. The van der Waals surface area contributed by atoms with E-state index in [4.69, 9.17) is 0 Å². The van der Waals surface area contributed by atoms with Crippen LogP contribution in [0.25, 0.3) is 0 Å². The second-order valence-electron chi connectivity index (χ2n) is 2.61. The predicted molar refractivity (Wildman–Crippen MR) is 51.0 cm³/mol. The summed E-state index contributed by atoms with van der Waals surface area (Å²) in [5, 5.41) is 0. The summed E-state index contributed by atoms with van der Waals surface area (Å²) >= 11 is 0. The van der Waals surface area contributed by atoms with Gasteiger partial charge in [-0.2, -0.15) is 0 Å². The van der Waals surface area contributed by atoms with E-state index in [-0.39, 0.29) is 5.78 Å². The minimum absolute atomic E-state index is 0.0776. The van der Waals surface area contributed by atoms with Crippen LogP contribution in [0.15, 0.2) is 36.4 Å². The molecule has 0 radical (unpaired) electrons. The van der Waals surface area contributed by atoms with Crippen molar-refractivity contribution in [1.29, 1.82) is 0 Å². The van der Waals surface area contributed by atoms with Crippen molar-refractivity contribution in [3.05, 3.63) is 47.5 Å². The van der Waals surface area contributed by atoms with Crippen molar-refractivity contribution in [3.8, 4) is 0 Å². The Hall–Kier alpha value is -1.70. The van der Waals surface area contributed by atoms with Crippen molar-refractivity contribution in [1.82, 2.24) is 0 Å². The third kappa shape index (κ3) is 2.37.